The number of aromatic nitrogens is 1. The molecule has 2 N–H and O–H groups in total. The normalized spacial score (nSPS) is 26.0. The molecule has 0 spiro atoms. The molecule has 0 aliphatic heterocycles. The molecule has 6 heteroatoms. The number of hydrogen-bond acceptors (Lipinski definition) is 3. The van der Waals surface area contributed by atoms with Gasteiger partial charge in [-0.15, -0.1) is 0 Å². The maximum Gasteiger partial charge on any atom is 0.311 e. The van der Waals surface area contributed by atoms with Crippen molar-refractivity contribution in [2.24, 2.45) is 5.41 Å². The van der Waals surface area contributed by atoms with E-state index in [2.05, 4.69) is 26.2 Å². The minimum absolute atomic E-state index is 0.283. The van der Waals surface area contributed by atoms with Gasteiger partial charge >= 0.3 is 5.97 Å². The topological polar surface area (TPSA) is 79.3 Å². The molecular weight excluding hydrogens is 324 g/mol. The molecule has 5 nitrogen and oxygen atoms in total. The first kappa shape index (κ1) is 15.0. The summed E-state index contributed by atoms with van der Waals surface area (Å²) >= 11 is 3.28. The van der Waals surface area contributed by atoms with Crippen LogP contribution in [-0.4, -0.2) is 28.0 Å². The van der Waals surface area contributed by atoms with Gasteiger partial charge in [0.1, 0.15) is 5.69 Å². The first-order valence-corrected chi connectivity index (χ1v) is 7.39. The van der Waals surface area contributed by atoms with Gasteiger partial charge in [0.15, 0.2) is 0 Å². The molecule has 1 aliphatic carbocycles. The van der Waals surface area contributed by atoms with E-state index in [0.29, 0.717) is 17.3 Å². The lowest BCUT2D eigenvalue weighted by atomic mass is 9.71. The molecule has 108 valence electrons. The van der Waals surface area contributed by atoms with Crippen molar-refractivity contribution in [2.45, 2.75) is 38.6 Å². The van der Waals surface area contributed by atoms with Crippen molar-refractivity contribution in [1.29, 1.82) is 0 Å². The summed E-state index contributed by atoms with van der Waals surface area (Å²) in [5, 5.41) is 12.3. The van der Waals surface area contributed by atoms with E-state index in [1.807, 2.05) is 0 Å². The van der Waals surface area contributed by atoms with Gasteiger partial charge < -0.3 is 10.4 Å². The van der Waals surface area contributed by atoms with Crippen LogP contribution in [0.15, 0.2) is 22.8 Å². The Hall–Kier alpha value is -1.43. The number of rotatable bonds is 3. The third kappa shape index (κ3) is 2.85. The molecule has 1 aliphatic rings. The van der Waals surface area contributed by atoms with Gasteiger partial charge in [0.05, 0.1) is 5.41 Å². The number of hydrogen-bond donors (Lipinski definition) is 2. The zero-order valence-electron chi connectivity index (χ0n) is 11.2. The quantitative estimate of drug-likeness (QED) is 0.886. The summed E-state index contributed by atoms with van der Waals surface area (Å²) in [6.45, 7) is 1.70. The highest BCUT2D eigenvalue weighted by atomic mass is 79.9. The van der Waals surface area contributed by atoms with Crippen LogP contribution in [0.2, 0.25) is 0 Å². The molecule has 2 rings (SSSR count). The van der Waals surface area contributed by atoms with Crippen molar-refractivity contribution >= 4 is 27.8 Å². The van der Waals surface area contributed by atoms with Gasteiger partial charge in [-0.2, -0.15) is 0 Å². The monoisotopic (exact) mass is 340 g/mol. The highest BCUT2D eigenvalue weighted by Gasteiger charge is 2.44. The Morgan fingerprint density at radius 3 is 2.90 bits per heavy atom. The van der Waals surface area contributed by atoms with Crippen LogP contribution in [0.4, 0.5) is 0 Å². The van der Waals surface area contributed by atoms with Crippen LogP contribution in [0, 0.1) is 5.41 Å². The van der Waals surface area contributed by atoms with Crippen LogP contribution < -0.4 is 5.32 Å². The molecule has 2 unspecified atom stereocenters. The minimum atomic E-state index is -0.908. The molecule has 1 aromatic rings. The van der Waals surface area contributed by atoms with E-state index < -0.39 is 11.4 Å². The van der Waals surface area contributed by atoms with E-state index in [9.17, 15) is 14.7 Å². The second-order valence-electron chi connectivity index (χ2n) is 5.33. The van der Waals surface area contributed by atoms with Gasteiger partial charge in [0.2, 0.25) is 0 Å². The predicted octanol–water partition coefficient (Wildman–Crippen LogP) is 2.61. The van der Waals surface area contributed by atoms with Crippen LogP contribution in [0.1, 0.15) is 43.1 Å². The lowest BCUT2D eigenvalue weighted by molar-refractivity contribution is -0.151. The van der Waals surface area contributed by atoms with Crippen molar-refractivity contribution in [1.82, 2.24) is 10.3 Å². The Balaban J connectivity index is 2.18. The van der Waals surface area contributed by atoms with Crippen LogP contribution in [0.3, 0.4) is 0 Å². The maximum absolute atomic E-state index is 12.2. The molecule has 0 saturated heterocycles. The number of amides is 1. The standard InChI is InChI=1S/C14H17BrN2O3/c1-14(13(19)20)7-3-2-6-10(14)17-12(18)11-9(15)5-4-8-16-11/h4-5,8,10H,2-3,6-7H2,1H3,(H,17,18)(H,19,20). The van der Waals surface area contributed by atoms with Crippen LogP contribution in [0.25, 0.3) is 0 Å². The number of carbonyl (C=O) groups excluding carboxylic acids is 1. The lowest BCUT2D eigenvalue weighted by Gasteiger charge is -2.38. The van der Waals surface area contributed by atoms with E-state index in [1.54, 1.807) is 19.1 Å². The highest BCUT2D eigenvalue weighted by Crippen LogP contribution is 2.36. The van der Waals surface area contributed by atoms with Gasteiger partial charge in [-0.3, -0.25) is 9.59 Å². The SMILES string of the molecule is CC1(C(=O)O)CCCCC1NC(=O)c1ncccc1Br. The Bertz CT molecular complexity index is 535. The predicted molar refractivity (Wildman–Crippen MR) is 77.4 cm³/mol. The van der Waals surface area contributed by atoms with Gasteiger partial charge in [0.25, 0.3) is 5.91 Å². The lowest BCUT2D eigenvalue weighted by Crippen LogP contribution is -2.52. The number of carboxylic acid groups (broad SMARTS) is 1. The molecular formula is C14H17BrN2O3. The van der Waals surface area contributed by atoms with Gasteiger partial charge in [-0.1, -0.05) is 12.8 Å². The molecule has 1 amide bonds. The summed E-state index contributed by atoms with van der Waals surface area (Å²) in [5.41, 5.74) is -0.624. The van der Waals surface area contributed by atoms with E-state index in [1.165, 1.54) is 6.20 Å². The average molecular weight is 341 g/mol. The zero-order chi connectivity index (χ0) is 14.8. The highest BCUT2D eigenvalue weighted by molar-refractivity contribution is 9.10. The number of carbonyl (C=O) groups is 2. The Morgan fingerprint density at radius 1 is 1.50 bits per heavy atom. The number of nitrogens with zero attached hydrogens (tertiary/aromatic N) is 1. The van der Waals surface area contributed by atoms with Gasteiger partial charge in [0, 0.05) is 16.7 Å². The number of nitrogens with one attached hydrogen (secondary N) is 1. The summed E-state index contributed by atoms with van der Waals surface area (Å²) in [6.07, 6.45) is 4.60. The molecule has 2 atom stereocenters. The third-order valence-corrected chi connectivity index (χ3v) is 4.62. The smallest absolute Gasteiger partial charge is 0.311 e. The van der Waals surface area contributed by atoms with Crippen molar-refractivity contribution in [3.05, 3.63) is 28.5 Å². The minimum Gasteiger partial charge on any atom is -0.481 e. The zero-order valence-corrected chi connectivity index (χ0v) is 12.8. The molecule has 20 heavy (non-hydrogen) atoms. The maximum atomic E-state index is 12.2. The number of carboxylic acids is 1. The van der Waals surface area contributed by atoms with Crippen LogP contribution in [-0.2, 0) is 4.79 Å². The molecule has 1 fully saturated rings. The fraction of sp³-hybridized carbons (Fsp3) is 0.500. The fourth-order valence-electron chi connectivity index (χ4n) is 2.60. The fourth-order valence-corrected chi connectivity index (χ4v) is 3.04. The largest absolute Gasteiger partial charge is 0.481 e. The molecule has 1 heterocycles. The van der Waals surface area contributed by atoms with Crippen molar-refractivity contribution in [2.75, 3.05) is 0 Å². The Labute approximate surface area is 125 Å². The van der Waals surface area contributed by atoms with Crippen molar-refractivity contribution in [3.63, 3.8) is 0 Å². The molecule has 0 aromatic carbocycles. The molecule has 0 bridgehead atoms. The van der Waals surface area contributed by atoms with E-state index in [0.717, 1.165) is 12.8 Å². The number of pyridine rings is 1. The second kappa shape index (κ2) is 5.91. The molecule has 1 saturated carbocycles. The summed E-state index contributed by atoms with van der Waals surface area (Å²) in [5.74, 6) is -1.19. The number of halogens is 1. The van der Waals surface area contributed by atoms with Gasteiger partial charge in [-0.25, -0.2) is 4.98 Å². The molecule has 0 radical (unpaired) electrons. The summed E-state index contributed by atoms with van der Waals surface area (Å²) < 4.78 is 0.602. The summed E-state index contributed by atoms with van der Waals surface area (Å²) in [4.78, 5) is 27.8. The van der Waals surface area contributed by atoms with Crippen LogP contribution >= 0.6 is 15.9 Å². The van der Waals surface area contributed by atoms with Crippen LogP contribution in [0.5, 0.6) is 0 Å². The molecule has 1 aromatic heterocycles. The number of aliphatic carboxylic acids is 1. The van der Waals surface area contributed by atoms with E-state index >= 15 is 0 Å². The summed E-state index contributed by atoms with van der Waals surface area (Å²) in [6, 6.07) is 3.09. The van der Waals surface area contributed by atoms with E-state index in [4.69, 9.17) is 0 Å². The Morgan fingerprint density at radius 2 is 2.25 bits per heavy atom. The van der Waals surface area contributed by atoms with Crippen molar-refractivity contribution in [3.8, 4) is 0 Å². The first-order valence-electron chi connectivity index (χ1n) is 6.60. The summed E-state index contributed by atoms with van der Waals surface area (Å²) in [7, 11) is 0. The third-order valence-electron chi connectivity index (χ3n) is 3.98. The first-order chi connectivity index (χ1) is 9.45. The van der Waals surface area contributed by atoms with E-state index in [-0.39, 0.29) is 17.6 Å². The van der Waals surface area contributed by atoms with Gasteiger partial charge in [-0.05, 0) is 47.8 Å². The Kier molecular flexibility index (Phi) is 4.42. The second-order valence-corrected chi connectivity index (χ2v) is 6.18. The average Bonchev–Trinajstić information content (AvgIpc) is 2.41. The van der Waals surface area contributed by atoms with Crippen molar-refractivity contribution < 1.29 is 14.7 Å².